The first kappa shape index (κ1) is 16.4. The zero-order chi connectivity index (χ0) is 14.4. The van der Waals surface area contributed by atoms with Gasteiger partial charge in [-0.3, -0.25) is 4.21 Å². The van der Waals surface area contributed by atoms with E-state index in [1.54, 1.807) is 0 Å². The highest BCUT2D eigenvalue weighted by Gasteiger charge is 2.28. The molecule has 1 aromatic rings. The third-order valence-electron chi connectivity index (χ3n) is 3.40. The first-order valence-electron chi connectivity index (χ1n) is 7.11. The van der Waals surface area contributed by atoms with Gasteiger partial charge in [0.15, 0.2) is 0 Å². The molecule has 0 fully saturated rings. The van der Waals surface area contributed by atoms with Crippen LogP contribution >= 0.6 is 0 Å². The van der Waals surface area contributed by atoms with Crippen molar-refractivity contribution in [3.05, 3.63) is 35.9 Å². The number of rotatable bonds is 7. The molecular weight excluding hydrogens is 254 g/mol. The molecule has 19 heavy (non-hydrogen) atoms. The van der Waals surface area contributed by atoms with Crippen molar-refractivity contribution in [1.82, 2.24) is 0 Å². The molecule has 3 unspecified atom stereocenters. The van der Waals surface area contributed by atoms with Crippen molar-refractivity contribution in [3.8, 4) is 0 Å². The van der Waals surface area contributed by atoms with Crippen LogP contribution in [0.15, 0.2) is 30.3 Å². The zero-order valence-corrected chi connectivity index (χ0v) is 13.3. The Kier molecular flexibility index (Phi) is 6.73. The third-order valence-corrected chi connectivity index (χ3v) is 5.48. The van der Waals surface area contributed by atoms with Gasteiger partial charge >= 0.3 is 0 Å². The summed E-state index contributed by atoms with van der Waals surface area (Å²) in [6.07, 6.45) is 0.997. The van der Waals surface area contributed by atoms with Crippen LogP contribution in [0.25, 0.3) is 0 Å². The lowest BCUT2D eigenvalue weighted by Gasteiger charge is -2.27. The van der Waals surface area contributed by atoms with Gasteiger partial charge in [0.25, 0.3) is 0 Å². The van der Waals surface area contributed by atoms with Crippen molar-refractivity contribution in [1.29, 1.82) is 0 Å². The number of nitrogens with two attached hydrogens (primary N) is 1. The maximum atomic E-state index is 12.5. The molecule has 0 bridgehead atoms. The lowest BCUT2D eigenvalue weighted by Crippen LogP contribution is -2.35. The summed E-state index contributed by atoms with van der Waals surface area (Å²) >= 11 is 0. The van der Waals surface area contributed by atoms with E-state index in [9.17, 15) is 4.21 Å². The van der Waals surface area contributed by atoms with Crippen molar-refractivity contribution < 1.29 is 4.21 Å². The van der Waals surface area contributed by atoms with Crippen LogP contribution in [0.4, 0.5) is 0 Å². The molecule has 1 aromatic carbocycles. The second-order valence-electron chi connectivity index (χ2n) is 5.91. The van der Waals surface area contributed by atoms with E-state index in [0.29, 0.717) is 11.8 Å². The van der Waals surface area contributed by atoms with Gasteiger partial charge in [-0.2, -0.15) is 0 Å². The van der Waals surface area contributed by atoms with Crippen LogP contribution in [0.5, 0.6) is 0 Å². The van der Waals surface area contributed by atoms with Crippen LogP contribution in [0.1, 0.15) is 45.7 Å². The summed E-state index contributed by atoms with van der Waals surface area (Å²) in [5.74, 6) is 1.66. The molecular formula is C16H27NOS. The van der Waals surface area contributed by atoms with Crippen LogP contribution in [0.2, 0.25) is 0 Å². The largest absolute Gasteiger partial charge is 0.323 e. The van der Waals surface area contributed by atoms with E-state index in [4.69, 9.17) is 5.73 Å². The second-order valence-corrected chi connectivity index (χ2v) is 7.63. The Morgan fingerprint density at radius 1 is 1.11 bits per heavy atom. The fourth-order valence-corrected chi connectivity index (χ4v) is 4.30. The van der Waals surface area contributed by atoms with Crippen LogP contribution in [-0.2, 0) is 10.8 Å². The smallest absolute Gasteiger partial charge is 0.0563 e. The minimum absolute atomic E-state index is 0.0288. The van der Waals surface area contributed by atoms with Crippen molar-refractivity contribution >= 4 is 10.8 Å². The van der Waals surface area contributed by atoms with E-state index in [2.05, 4.69) is 27.7 Å². The highest BCUT2D eigenvalue weighted by Crippen LogP contribution is 2.25. The molecule has 0 aliphatic rings. The van der Waals surface area contributed by atoms with E-state index in [0.717, 1.165) is 17.7 Å². The fourth-order valence-electron chi connectivity index (χ4n) is 2.23. The summed E-state index contributed by atoms with van der Waals surface area (Å²) in [6, 6.07) is 9.87. The summed E-state index contributed by atoms with van der Waals surface area (Å²) in [5, 5.41) is 0.0288. The number of hydrogen-bond acceptors (Lipinski definition) is 2. The SMILES string of the molecule is CC(C)CCS(=O)C(C(C)C)C(N)c1ccccc1. The van der Waals surface area contributed by atoms with Gasteiger partial charge in [-0.15, -0.1) is 0 Å². The van der Waals surface area contributed by atoms with Crippen LogP contribution in [-0.4, -0.2) is 15.2 Å². The standard InChI is InChI=1S/C16H27NOS/c1-12(2)10-11-19(18)16(13(3)4)15(17)14-8-6-5-7-9-14/h5-9,12-13,15-16H,10-11,17H2,1-4H3. The maximum absolute atomic E-state index is 12.5. The second kappa shape index (κ2) is 7.81. The molecule has 0 aliphatic heterocycles. The molecule has 0 aliphatic carbocycles. The maximum Gasteiger partial charge on any atom is 0.0563 e. The van der Waals surface area contributed by atoms with Crippen molar-refractivity contribution in [2.24, 2.45) is 17.6 Å². The van der Waals surface area contributed by atoms with Crippen molar-refractivity contribution in [3.63, 3.8) is 0 Å². The van der Waals surface area contributed by atoms with Gasteiger partial charge in [0, 0.05) is 22.6 Å². The summed E-state index contributed by atoms with van der Waals surface area (Å²) in [4.78, 5) is 0. The predicted molar refractivity (Wildman–Crippen MR) is 84.5 cm³/mol. The first-order chi connectivity index (χ1) is 8.93. The molecule has 0 amide bonds. The van der Waals surface area contributed by atoms with Crippen LogP contribution in [0.3, 0.4) is 0 Å². The number of hydrogen-bond donors (Lipinski definition) is 1. The van der Waals surface area contributed by atoms with Gasteiger partial charge in [0.1, 0.15) is 0 Å². The Hall–Kier alpha value is -0.670. The average molecular weight is 281 g/mol. The molecule has 0 aromatic heterocycles. The molecule has 108 valence electrons. The molecule has 3 heteroatoms. The van der Waals surface area contributed by atoms with E-state index < -0.39 is 10.8 Å². The van der Waals surface area contributed by atoms with Gasteiger partial charge in [-0.25, -0.2) is 0 Å². The quantitative estimate of drug-likeness (QED) is 0.831. The van der Waals surface area contributed by atoms with Crippen molar-refractivity contribution in [2.45, 2.75) is 45.4 Å². The zero-order valence-electron chi connectivity index (χ0n) is 12.5. The Labute approximate surface area is 120 Å². The van der Waals surface area contributed by atoms with E-state index in [-0.39, 0.29) is 11.3 Å². The fraction of sp³-hybridized carbons (Fsp3) is 0.625. The van der Waals surface area contributed by atoms with Gasteiger partial charge < -0.3 is 5.73 Å². The van der Waals surface area contributed by atoms with E-state index >= 15 is 0 Å². The van der Waals surface area contributed by atoms with Crippen LogP contribution < -0.4 is 5.73 Å². The Bertz CT molecular complexity index is 389. The monoisotopic (exact) mass is 281 g/mol. The van der Waals surface area contributed by atoms with E-state index in [1.807, 2.05) is 30.3 Å². The Morgan fingerprint density at radius 2 is 1.68 bits per heavy atom. The third kappa shape index (κ3) is 5.07. The number of benzene rings is 1. The average Bonchev–Trinajstić information content (AvgIpc) is 2.37. The first-order valence-corrected chi connectivity index (χ1v) is 8.49. The lowest BCUT2D eigenvalue weighted by atomic mass is 9.97. The minimum atomic E-state index is -0.864. The minimum Gasteiger partial charge on any atom is -0.323 e. The molecule has 0 saturated heterocycles. The van der Waals surface area contributed by atoms with Crippen LogP contribution in [0, 0.1) is 11.8 Å². The highest BCUT2D eigenvalue weighted by molar-refractivity contribution is 7.85. The molecule has 2 nitrogen and oxygen atoms in total. The van der Waals surface area contributed by atoms with Crippen molar-refractivity contribution in [2.75, 3.05) is 5.75 Å². The normalized spacial score (nSPS) is 16.6. The predicted octanol–water partition coefficient (Wildman–Crippen LogP) is 3.51. The molecule has 0 radical (unpaired) electrons. The molecule has 0 heterocycles. The molecule has 0 saturated carbocycles. The van der Waals surface area contributed by atoms with E-state index in [1.165, 1.54) is 0 Å². The summed E-state index contributed by atoms with van der Waals surface area (Å²) in [6.45, 7) is 8.55. The summed E-state index contributed by atoms with van der Waals surface area (Å²) in [7, 11) is -0.864. The lowest BCUT2D eigenvalue weighted by molar-refractivity contribution is 0.507. The topological polar surface area (TPSA) is 43.1 Å². The summed E-state index contributed by atoms with van der Waals surface area (Å²) in [5.41, 5.74) is 7.44. The highest BCUT2D eigenvalue weighted by atomic mass is 32.2. The molecule has 0 spiro atoms. The Balaban J connectivity index is 2.80. The van der Waals surface area contributed by atoms with Gasteiger partial charge in [-0.05, 0) is 23.8 Å². The molecule has 3 atom stereocenters. The summed E-state index contributed by atoms with van der Waals surface area (Å²) < 4.78 is 12.5. The Morgan fingerprint density at radius 3 is 2.16 bits per heavy atom. The van der Waals surface area contributed by atoms with Gasteiger partial charge in [-0.1, -0.05) is 58.0 Å². The molecule has 1 rings (SSSR count). The molecule has 2 N–H and O–H groups in total. The van der Waals surface area contributed by atoms with Gasteiger partial charge in [0.05, 0.1) is 5.25 Å². The van der Waals surface area contributed by atoms with Gasteiger partial charge in [0.2, 0.25) is 0 Å².